The Hall–Kier alpha value is -3.22. The Labute approximate surface area is 217 Å². The summed E-state index contributed by atoms with van der Waals surface area (Å²) in [4.78, 5) is 50.5. The molecule has 0 saturated heterocycles. The minimum atomic E-state index is -1.33. The molecule has 7 heteroatoms. The molecule has 0 spiro atoms. The summed E-state index contributed by atoms with van der Waals surface area (Å²) in [7, 11) is 4.02. The van der Waals surface area contributed by atoms with Gasteiger partial charge in [-0.1, -0.05) is 24.6 Å². The van der Waals surface area contributed by atoms with Gasteiger partial charge in [-0.3, -0.25) is 19.2 Å². The molecule has 0 radical (unpaired) electrons. The number of ketones is 2. The SMILES string of the molecule is CN(C)c1ccc([C@H]2C[C@@]3(C)[C@@H](CC[C@]3(OC=O)C(=O)COC=O)[C@@H]3CCC4=CC(=O)CCC4=C32)cc1. The molecule has 0 aromatic heterocycles. The third kappa shape index (κ3) is 3.94. The molecule has 7 nitrogen and oxygen atoms in total. The van der Waals surface area contributed by atoms with Gasteiger partial charge in [-0.15, -0.1) is 0 Å². The van der Waals surface area contributed by atoms with Gasteiger partial charge >= 0.3 is 0 Å². The molecule has 0 heterocycles. The van der Waals surface area contributed by atoms with Gasteiger partial charge in [0.05, 0.1) is 0 Å². The van der Waals surface area contributed by atoms with Gasteiger partial charge in [-0.2, -0.15) is 0 Å². The van der Waals surface area contributed by atoms with Crippen LogP contribution >= 0.6 is 0 Å². The van der Waals surface area contributed by atoms with Crippen LogP contribution in [0.25, 0.3) is 0 Å². The number of carbonyl (C=O) groups is 4. The molecule has 1 aromatic carbocycles. The molecule has 0 aliphatic heterocycles. The molecule has 196 valence electrons. The molecule has 37 heavy (non-hydrogen) atoms. The number of Topliss-reactive ketones (excluding diaryl/α,β-unsaturated/α-hetero) is 1. The van der Waals surface area contributed by atoms with Crippen LogP contribution in [-0.4, -0.2) is 50.8 Å². The molecule has 0 bridgehead atoms. The second kappa shape index (κ2) is 9.58. The van der Waals surface area contributed by atoms with Gasteiger partial charge in [0.2, 0.25) is 5.78 Å². The number of carbonyl (C=O) groups excluding carboxylic acids is 4. The van der Waals surface area contributed by atoms with E-state index in [1.54, 1.807) is 0 Å². The van der Waals surface area contributed by atoms with Crippen LogP contribution in [0.3, 0.4) is 0 Å². The van der Waals surface area contributed by atoms with Crippen LogP contribution in [-0.2, 0) is 28.7 Å². The maximum atomic E-state index is 13.5. The molecule has 5 rings (SSSR count). The van der Waals surface area contributed by atoms with E-state index in [1.165, 1.54) is 22.3 Å². The predicted molar refractivity (Wildman–Crippen MR) is 138 cm³/mol. The van der Waals surface area contributed by atoms with E-state index < -0.39 is 17.6 Å². The van der Waals surface area contributed by atoms with Crippen molar-refractivity contribution in [3.63, 3.8) is 0 Å². The first-order valence-corrected chi connectivity index (χ1v) is 13.2. The van der Waals surface area contributed by atoms with E-state index in [2.05, 4.69) is 36.1 Å². The Morgan fingerprint density at radius 1 is 1.08 bits per heavy atom. The van der Waals surface area contributed by atoms with E-state index in [4.69, 9.17) is 9.47 Å². The summed E-state index contributed by atoms with van der Waals surface area (Å²) >= 11 is 0. The summed E-state index contributed by atoms with van der Waals surface area (Å²) in [5.41, 5.74) is 4.21. The summed E-state index contributed by atoms with van der Waals surface area (Å²) in [6, 6.07) is 8.55. The molecule has 4 aliphatic rings. The minimum absolute atomic E-state index is 0.0295. The highest BCUT2D eigenvalue weighted by molar-refractivity contribution is 5.93. The highest BCUT2D eigenvalue weighted by atomic mass is 16.6. The highest BCUT2D eigenvalue weighted by Crippen LogP contribution is 2.67. The molecular formula is C30H35NO6. The molecular weight excluding hydrogens is 470 g/mol. The lowest BCUT2D eigenvalue weighted by Gasteiger charge is -2.54. The highest BCUT2D eigenvalue weighted by Gasteiger charge is 2.67. The number of hydrogen-bond acceptors (Lipinski definition) is 7. The summed E-state index contributed by atoms with van der Waals surface area (Å²) in [6.07, 6.45) is 6.69. The van der Waals surface area contributed by atoms with Crippen LogP contribution in [0.5, 0.6) is 0 Å². The zero-order chi connectivity index (χ0) is 26.4. The van der Waals surface area contributed by atoms with E-state index in [-0.39, 0.29) is 35.8 Å². The van der Waals surface area contributed by atoms with Crippen LogP contribution in [0.4, 0.5) is 5.69 Å². The summed E-state index contributed by atoms with van der Waals surface area (Å²) in [5.74, 6) is 0.252. The monoisotopic (exact) mass is 505 g/mol. The van der Waals surface area contributed by atoms with Crippen LogP contribution in [0, 0.1) is 17.3 Å². The maximum Gasteiger partial charge on any atom is 0.294 e. The van der Waals surface area contributed by atoms with Crippen molar-refractivity contribution < 1.29 is 28.7 Å². The van der Waals surface area contributed by atoms with Gasteiger partial charge in [0.1, 0.15) is 0 Å². The van der Waals surface area contributed by atoms with Crippen LogP contribution in [0.15, 0.2) is 47.1 Å². The van der Waals surface area contributed by atoms with Crippen molar-refractivity contribution in [3.05, 3.63) is 52.6 Å². The zero-order valence-corrected chi connectivity index (χ0v) is 21.8. The number of nitrogens with zero attached hydrogens (tertiary/aromatic N) is 1. The third-order valence-corrected chi connectivity index (χ3v) is 9.65. The first-order valence-electron chi connectivity index (χ1n) is 13.2. The van der Waals surface area contributed by atoms with Crippen molar-refractivity contribution in [2.75, 3.05) is 25.6 Å². The number of rotatable bonds is 8. The smallest absolute Gasteiger partial charge is 0.294 e. The van der Waals surface area contributed by atoms with Gasteiger partial charge in [-0.25, -0.2) is 0 Å². The first-order chi connectivity index (χ1) is 17.8. The predicted octanol–water partition coefficient (Wildman–Crippen LogP) is 4.31. The molecule has 0 amide bonds. The summed E-state index contributed by atoms with van der Waals surface area (Å²) < 4.78 is 10.6. The van der Waals surface area contributed by atoms with E-state index >= 15 is 0 Å². The number of benzene rings is 1. The van der Waals surface area contributed by atoms with E-state index in [0.717, 1.165) is 31.4 Å². The van der Waals surface area contributed by atoms with Crippen molar-refractivity contribution in [2.45, 2.75) is 63.4 Å². The second-order valence-corrected chi connectivity index (χ2v) is 11.4. The van der Waals surface area contributed by atoms with Crippen molar-refractivity contribution >= 4 is 30.2 Å². The van der Waals surface area contributed by atoms with E-state index in [1.807, 2.05) is 20.2 Å². The number of hydrogen-bond donors (Lipinski definition) is 0. The maximum absolute atomic E-state index is 13.5. The lowest BCUT2D eigenvalue weighted by atomic mass is 9.50. The molecule has 2 fully saturated rings. The van der Waals surface area contributed by atoms with Gasteiger partial charge in [0.15, 0.2) is 18.0 Å². The van der Waals surface area contributed by atoms with Crippen molar-refractivity contribution in [3.8, 4) is 0 Å². The average Bonchev–Trinajstić information content (AvgIpc) is 3.19. The quantitative estimate of drug-likeness (QED) is 0.487. The normalized spacial score (nSPS) is 32.5. The summed E-state index contributed by atoms with van der Waals surface area (Å²) in [6.45, 7) is 2.33. The van der Waals surface area contributed by atoms with Crippen LogP contribution in [0.2, 0.25) is 0 Å². The Morgan fingerprint density at radius 2 is 1.84 bits per heavy atom. The topological polar surface area (TPSA) is 90.0 Å². The molecule has 4 aliphatic carbocycles. The fourth-order valence-corrected chi connectivity index (χ4v) is 7.98. The fourth-order valence-electron chi connectivity index (χ4n) is 7.98. The number of fused-ring (bicyclic) bond motifs is 4. The van der Waals surface area contributed by atoms with Gasteiger partial charge in [0.25, 0.3) is 12.9 Å². The van der Waals surface area contributed by atoms with E-state index in [9.17, 15) is 19.2 Å². The number of anilines is 1. The lowest BCUT2D eigenvalue weighted by Crippen LogP contribution is -2.58. The van der Waals surface area contributed by atoms with Crippen molar-refractivity contribution in [2.24, 2.45) is 17.3 Å². The van der Waals surface area contributed by atoms with Crippen LogP contribution < -0.4 is 4.90 Å². The number of allylic oxidation sites excluding steroid dienone is 4. The second-order valence-electron chi connectivity index (χ2n) is 11.4. The molecule has 2 saturated carbocycles. The van der Waals surface area contributed by atoms with Crippen molar-refractivity contribution in [1.29, 1.82) is 0 Å². The third-order valence-electron chi connectivity index (χ3n) is 9.65. The minimum Gasteiger partial charge on any atom is -0.460 e. The largest absolute Gasteiger partial charge is 0.460 e. The Balaban J connectivity index is 1.66. The molecule has 5 atom stereocenters. The average molecular weight is 506 g/mol. The van der Waals surface area contributed by atoms with E-state index in [0.29, 0.717) is 25.7 Å². The Kier molecular flexibility index (Phi) is 6.59. The molecule has 0 unspecified atom stereocenters. The van der Waals surface area contributed by atoms with Gasteiger partial charge < -0.3 is 14.4 Å². The fraction of sp³-hybridized carbons (Fsp3) is 0.533. The standard InChI is InChI=1S/C30H35NO6/c1-29-15-25(19-4-7-21(8-5-19)31(2)3)28-23-11-9-22(34)14-20(23)6-10-24(28)26(29)12-13-30(29,37-18-33)27(35)16-36-17-32/h4-5,7-8,14,17-18,24-26H,6,9-13,15-16H2,1-3H3/t24-,25+,26-,29-,30-/m0/s1. The zero-order valence-electron chi connectivity index (χ0n) is 21.8. The molecule has 0 N–H and O–H groups in total. The van der Waals surface area contributed by atoms with Gasteiger partial charge in [-0.05, 0) is 85.3 Å². The van der Waals surface area contributed by atoms with Crippen molar-refractivity contribution in [1.82, 2.24) is 0 Å². The Bertz CT molecular complexity index is 1180. The van der Waals surface area contributed by atoms with Crippen LogP contribution in [0.1, 0.15) is 63.4 Å². The Morgan fingerprint density at radius 3 is 2.51 bits per heavy atom. The van der Waals surface area contributed by atoms with Gasteiger partial charge in [0, 0.05) is 37.5 Å². The first kappa shape index (κ1) is 25.4. The number of ether oxygens (including phenoxy) is 2. The lowest BCUT2D eigenvalue weighted by molar-refractivity contribution is -0.177. The molecule has 1 aromatic rings. The summed E-state index contributed by atoms with van der Waals surface area (Å²) in [5, 5.41) is 0.